The molecule has 2 N–H and O–H groups in total. The topological polar surface area (TPSA) is 42.1 Å². The van der Waals surface area contributed by atoms with Crippen molar-refractivity contribution in [2.45, 2.75) is 0 Å². The Kier molecular flexibility index (Phi) is 2.99. The lowest BCUT2D eigenvalue weighted by atomic mass is 10.1. The van der Waals surface area contributed by atoms with Gasteiger partial charge in [-0.2, -0.15) is 0 Å². The van der Waals surface area contributed by atoms with E-state index in [1.807, 2.05) is 31.3 Å². The molecule has 0 radical (unpaired) electrons. The maximum absolute atomic E-state index is 13.9. The summed E-state index contributed by atoms with van der Waals surface area (Å²) < 4.78 is 13.9. The molecule has 0 aliphatic rings. The highest BCUT2D eigenvalue weighted by atomic mass is 19.1. The number of pyridine rings is 1. The van der Waals surface area contributed by atoms with Crippen LogP contribution in [-0.2, 0) is 0 Å². The summed E-state index contributed by atoms with van der Waals surface area (Å²) in [5.41, 5.74) is 8.05. The number of nitrogen functional groups attached to an aromatic ring is 1. The first kappa shape index (κ1) is 12.4. The van der Waals surface area contributed by atoms with Crippen molar-refractivity contribution < 1.29 is 4.39 Å². The highest BCUT2D eigenvalue weighted by Gasteiger charge is 2.12. The van der Waals surface area contributed by atoms with Crippen LogP contribution in [0.2, 0.25) is 0 Å². The minimum absolute atomic E-state index is 0.260. The largest absolute Gasteiger partial charge is 0.398 e. The van der Waals surface area contributed by atoms with E-state index in [2.05, 4.69) is 4.98 Å². The number of benzene rings is 2. The SMILES string of the molecule is CN(c1ccccc1F)c1ccc(N)c2ccncc12. The Hall–Kier alpha value is -2.62. The summed E-state index contributed by atoms with van der Waals surface area (Å²) in [6, 6.07) is 12.3. The Morgan fingerprint density at radius 1 is 1.00 bits per heavy atom. The Labute approximate surface area is 116 Å². The number of hydrogen-bond acceptors (Lipinski definition) is 3. The second-order valence-electron chi connectivity index (χ2n) is 4.61. The predicted molar refractivity (Wildman–Crippen MR) is 80.6 cm³/mol. The molecule has 0 spiro atoms. The molecule has 1 aromatic heterocycles. The van der Waals surface area contributed by atoms with Gasteiger partial charge in [-0.05, 0) is 30.3 Å². The molecule has 1 heterocycles. The van der Waals surface area contributed by atoms with Crippen LogP contribution in [0.4, 0.5) is 21.5 Å². The van der Waals surface area contributed by atoms with Crippen molar-refractivity contribution in [3.05, 3.63) is 60.7 Å². The second kappa shape index (κ2) is 4.81. The van der Waals surface area contributed by atoms with E-state index in [4.69, 9.17) is 5.73 Å². The molecule has 0 bridgehead atoms. The maximum atomic E-state index is 13.9. The molecule has 3 aromatic rings. The van der Waals surface area contributed by atoms with Crippen molar-refractivity contribution >= 4 is 27.8 Å². The maximum Gasteiger partial charge on any atom is 0.146 e. The predicted octanol–water partition coefficient (Wildman–Crippen LogP) is 3.72. The summed E-state index contributed by atoms with van der Waals surface area (Å²) in [6.07, 6.45) is 3.45. The third-order valence-electron chi connectivity index (χ3n) is 3.40. The minimum Gasteiger partial charge on any atom is -0.398 e. The fraction of sp³-hybridized carbons (Fsp3) is 0.0625. The van der Waals surface area contributed by atoms with E-state index in [-0.39, 0.29) is 5.82 Å². The van der Waals surface area contributed by atoms with Gasteiger partial charge in [0.1, 0.15) is 5.82 Å². The van der Waals surface area contributed by atoms with Gasteiger partial charge in [0.15, 0.2) is 0 Å². The van der Waals surface area contributed by atoms with E-state index >= 15 is 0 Å². The monoisotopic (exact) mass is 267 g/mol. The number of nitrogens with two attached hydrogens (primary N) is 1. The summed E-state index contributed by atoms with van der Waals surface area (Å²) in [5, 5.41) is 1.82. The van der Waals surface area contributed by atoms with Crippen molar-refractivity contribution in [1.82, 2.24) is 4.98 Å². The highest BCUT2D eigenvalue weighted by Crippen LogP contribution is 2.34. The molecular weight excluding hydrogens is 253 g/mol. The third-order valence-corrected chi connectivity index (χ3v) is 3.40. The van der Waals surface area contributed by atoms with Crippen molar-refractivity contribution in [3.63, 3.8) is 0 Å². The van der Waals surface area contributed by atoms with Gasteiger partial charge in [0.05, 0.1) is 11.4 Å². The van der Waals surface area contributed by atoms with E-state index in [1.54, 1.807) is 29.4 Å². The summed E-state index contributed by atoms with van der Waals surface area (Å²) in [6.45, 7) is 0. The molecule has 0 fully saturated rings. The van der Waals surface area contributed by atoms with Gasteiger partial charge in [0, 0.05) is 35.9 Å². The number of halogens is 1. The van der Waals surface area contributed by atoms with Gasteiger partial charge >= 0.3 is 0 Å². The molecule has 0 saturated heterocycles. The van der Waals surface area contributed by atoms with Crippen molar-refractivity contribution in [2.75, 3.05) is 17.7 Å². The van der Waals surface area contributed by atoms with E-state index in [0.717, 1.165) is 16.5 Å². The van der Waals surface area contributed by atoms with E-state index < -0.39 is 0 Å². The molecule has 0 aliphatic carbocycles. The summed E-state index contributed by atoms with van der Waals surface area (Å²) >= 11 is 0. The van der Waals surface area contributed by atoms with Crippen LogP contribution < -0.4 is 10.6 Å². The molecule has 3 nitrogen and oxygen atoms in total. The lowest BCUT2D eigenvalue weighted by molar-refractivity contribution is 0.628. The number of rotatable bonds is 2. The lowest BCUT2D eigenvalue weighted by Gasteiger charge is -2.22. The highest BCUT2D eigenvalue weighted by molar-refractivity contribution is 6.01. The molecule has 4 heteroatoms. The van der Waals surface area contributed by atoms with Gasteiger partial charge < -0.3 is 10.6 Å². The van der Waals surface area contributed by atoms with Crippen LogP contribution >= 0.6 is 0 Å². The van der Waals surface area contributed by atoms with Gasteiger partial charge in [0.25, 0.3) is 0 Å². The second-order valence-corrected chi connectivity index (χ2v) is 4.61. The average molecular weight is 267 g/mol. The van der Waals surface area contributed by atoms with E-state index in [9.17, 15) is 4.39 Å². The van der Waals surface area contributed by atoms with Crippen LogP contribution in [-0.4, -0.2) is 12.0 Å². The number of anilines is 3. The zero-order valence-corrected chi connectivity index (χ0v) is 11.0. The fourth-order valence-corrected chi connectivity index (χ4v) is 2.34. The molecule has 0 aliphatic heterocycles. The molecule has 2 aromatic carbocycles. The van der Waals surface area contributed by atoms with Gasteiger partial charge in [-0.1, -0.05) is 12.1 Å². The Morgan fingerprint density at radius 2 is 1.80 bits per heavy atom. The molecular formula is C16H14FN3. The molecule has 0 amide bonds. The molecule has 0 atom stereocenters. The molecule has 20 heavy (non-hydrogen) atoms. The fourth-order valence-electron chi connectivity index (χ4n) is 2.34. The smallest absolute Gasteiger partial charge is 0.146 e. The number of aromatic nitrogens is 1. The number of hydrogen-bond donors (Lipinski definition) is 1. The van der Waals surface area contributed by atoms with Crippen molar-refractivity contribution in [1.29, 1.82) is 0 Å². The van der Waals surface area contributed by atoms with Crippen LogP contribution in [0.25, 0.3) is 10.8 Å². The van der Waals surface area contributed by atoms with Crippen LogP contribution in [0, 0.1) is 5.82 Å². The van der Waals surface area contributed by atoms with Crippen molar-refractivity contribution in [3.8, 4) is 0 Å². The molecule has 3 rings (SSSR count). The number of nitrogens with zero attached hydrogens (tertiary/aromatic N) is 2. The number of para-hydroxylation sites is 1. The standard InChI is InChI=1S/C16H14FN3/c1-20(16-5-3-2-4-13(16)17)15-7-6-14(18)11-8-9-19-10-12(11)15/h2-10H,18H2,1H3. The lowest BCUT2D eigenvalue weighted by Crippen LogP contribution is -2.11. The first-order valence-corrected chi connectivity index (χ1v) is 6.29. The van der Waals surface area contributed by atoms with Gasteiger partial charge in [-0.25, -0.2) is 4.39 Å². The van der Waals surface area contributed by atoms with E-state index in [1.165, 1.54) is 6.07 Å². The summed E-state index contributed by atoms with van der Waals surface area (Å²) in [4.78, 5) is 5.94. The zero-order chi connectivity index (χ0) is 14.1. The average Bonchev–Trinajstić information content (AvgIpc) is 2.48. The van der Waals surface area contributed by atoms with Crippen LogP contribution in [0.1, 0.15) is 0 Å². The third kappa shape index (κ3) is 1.95. The quantitative estimate of drug-likeness (QED) is 0.719. The van der Waals surface area contributed by atoms with Gasteiger partial charge in [-0.3, -0.25) is 4.98 Å². The first-order valence-electron chi connectivity index (χ1n) is 6.29. The summed E-state index contributed by atoms with van der Waals surface area (Å²) in [5.74, 6) is -0.260. The Bertz CT molecular complexity index is 771. The van der Waals surface area contributed by atoms with Crippen molar-refractivity contribution in [2.24, 2.45) is 0 Å². The zero-order valence-electron chi connectivity index (χ0n) is 11.0. The Morgan fingerprint density at radius 3 is 2.60 bits per heavy atom. The molecule has 0 saturated carbocycles. The van der Waals surface area contributed by atoms with Crippen LogP contribution in [0.15, 0.2) is 54.9 Å². The Balaban J connectivity index is 2.20. The van der Waals surface area contributed by atoms with Crippen LogP contribution in [0.5, 0.6) is 0 Å². The molecule has 0 unspecified atom stereocenters. The minimum atomic E-state index is -0.260. The first-order chi connectivity index (χ1) is 9.68. The van der Waals surface area contributed by atoms with E-state index in [0.29, 0.717) is 11.4 Å². The van der Waals surface area contributed by atoms with Gasteiger partial charge in [0.2, 0.25) is 0 Å². The van der Waals surface area contributed by atoms with Gasteiger partial charge in [-0.15, -0.1) is 0 Å². The number of fused-ring (bicyclic) bond motifs is 1. The summed E-state index contributed by atoms with van der Waals surface area (Å²) in [7, 11) is 1.83. The normalized spacial score (nSPS) is 10.7. The molecule has 100 valence electrons. The van der Waals surface area contributed by atoms with Crippen LogP contribution in [0.3, 0.4) is 0 Å².